The van der Waals surface area contributed by atoms with Crippen LogP contribution < -0.4 is 0 Å². The number of hydrogen-bond donors (Lipinski definition) is 0. The fraction of sp³-hybridized carbons (Fsp3) is 0.520. The van der Waals surface area contributed by atoms with Crippen LogP contribution in [0.4, 0.5) is 0 Å². The maximum absolute atomic E-state index is 2.45. The molecule has 0 heterocycles. The summed E-state index contributed by atoms with van der Waals surface area (Å²) in [6, 6.07) is 18.7. The Morgan fingerprint density at radius 3 is 1.92 bits per heavy atom. The van der Waals surface area contributed by atoms with E-state index < -0.39 is 0 Å². The van der Waals surface area contributed by atoms with E-state index in [1.807, 2.05) is 0 Å². The van der Waals surface area contributed by atoms with Gasteiger partial charge in [0.1, 0.15) is 0 Å². The van der Waals surface area contributed by atoms with Gasteiger partial charge in [0.05, 0.1) is 0 Å². The van der Waals surface area contributed by atoms with E-state index in [9.17, 15) is 0 Å². The van der Waals surface area contributed by atoms with Gasteiger partial charge in [-0.05, 0) is 60.3 Å². The van der Waals surface area contributed by atoms with E-state index in [-0.39, 0.29) is 5.41 Å². The largest absolute Gasteiger partial charge is 0.0653 e. The summed E-state index contributed by atoms with van der Waals surface area (Å²) >= 11 is 0. The normalized spacial score (nSPS) is 19.2. The number of aryl methyl sites for hydroxylation is 2. The first kappa shape index (κ1) is 16.9. The minimum Gasteiger partial charge on any atom is -0.0653 e. The zero-order chi connectivity index (χ0) is 17.1. The van der Waals surface area contributed by atoms with Crippen molar-refractivity contribution >= 4 is 0 Å². The topological polar surface area (TPSA) is 0 Å². The number of fused-ring (bicyclic) bond motifs is 2. The highest BCUT2D eigenvalue weighted by Gasteiger charge is 2.38. The summed E-state index contributed by atoms with van der Waals surface area (Å²) in [5.41, 5.74) is 6.71. The Labute approximate surface area is 153 Å². The monoisotopic (exact) mass is 332 g/mol. The molecule has 0 radical (unpaired) electrons. The van der Waals surface area contributed by atoms with E-state index in [2.05, 4.69) is 55.5 Å². The van der Waals surface area contributed by atoms with Crippen LogP contribution in [0.25, 0.3) is 0 Å². The first-order valence-corrected chi connectivity index (χ1v) is 10.5. The highest BCUT2D eigenvalue weighted by Crippen LogP contribution is 2.47. The molecule has 0 atom stereocenters. The van der Waals surface area contributed by atoms with E-state index in [0.717, 1.165) is 5.92 Å². The van der Waals surface area contributed by atoms with E-state index in [1.54, 1.807) is 22.3 Å². The van der Waals surface area contributed by atoms with Crippen LogP contribution in [0, 0.1) is 5.92 Å². The molecule has 25 heavy (non-hydrogen) atoms. The Morgan fingerprint density at radius 1 is 0.800 bits per heavy atom. The molecule has 0 saturated heterocycles. The van der Waals surface area contributed by atoms with Crippen LogP contribution in [0.3, 0.4) is 0 Å². The van der Waals surface area contributed by atoms with Crippen LogP contribution in [0.15, 0.2) is 48.5 Å². The van der Waals surface area contributed by atoms with Crippen LogP contribution in [-0.2, 0) is 18.3 Å². The summed E-state index contributed by atoms with van der Waals surface area (Å²) in [4.78, 5) is 0. The van der Waals surface area contributed by atoms with Crippen molar-refractivity contribution in [1.29, 1.82) is 0 Å². The van der Waals surface area contributed by atoms with Gasteiger partial charge in [-0.1, -0.05) is 87.6 Å². The van der Waals surface area contributed by atoms with Crippen molar-refractivity contribution < 1.29 is 0 Å². The smallest absolute Gasteiger partial charge is 0.0208 e. The van der Waals surface area contributed by atoms with E-state index in [0.29, 0.717) is 0 Å². The Kier molecular flexibility index (Phi) is 4.97. The highest BCUT2D eigenvalue weighted by molar-refractivity contribution is 5.49. The summed E-state index contributed by atoms with van der Waals surface area (Å²) in [5.74, 6) is 0.969. The van der Waals surface area contributed by atoms with Crippen LogP contribution in [0.5, 0.6) is 0 Å². The van der Waals surface area contributed by atoms with Gasteiger partial charge in [0.25, 0.3) is 0 Å². The number of benzene rings is 2. The van der Waals surface area contributed by atoms with E-state index in [4.69, 9.17) is 0 Å². The molecule has 0 aliphatic heterocycles. The molecule has 2 aliphatic carbocycles. The summed E-state index contributed by atoms with van der Waals surface area (Å²) in [5, 5.41) is 0. The first-order chi connectivity index (χ1) is 12.3. The fourth-order valence-corrected chi connectivity index (χ4v) is 5.66. The van der Waals surface area contributed by atoms with Gasteiger partial charge in [-0.2, -0.15) is 0 Å². The van der Waals surface area contributed by atoms with Gasteiger partial charge in [-0.15, -0.1) is 0 Å². The van der Waals surface area contributed by atoms with Crippen LogP contribution in [-0.4, -0.2) is 0 Å². The van der Waals surface area contributed by atoms with Crippen molar-refractivity contribution in [3.63, 3.8) is 0 Å². The van der Waals surface area contributed by atoms with Crippen molar-refractivity contribution in [3.05, 3.63) is 70.8 Å². The first-order valence-electron chi connectivity index (χ1n) is 10.5. The molecular formula is C25H32. The average molecular weight is 333 g/mol. The molecule has 4 rings (SSSR count). The lowest BCUT2D eigenvalue weighted by atomic mass is 9.66. The maximum atomic E-state index is 2.45. The van der Waals surface area contributed by atoms with Gasteiger partial charge in [-0.3, -0.25) is 0 Å². The van der Waals surface area contributed by atoms with Crippen LogP contribution >= 0.6 is 0 Å². The van der Waals surface area contributed by atoms with Crippen molar-refractivity contribution in [2.75, 3.05) is 0 Å². The highest BCUT2D eigenvalue weighted by atomic mass is 14.4. The zero-order valence-corrected chi connectivity index (χ0v) is 15.8. The fourth-order valence-electron chi connectivity index (χ4n) is 5.66. The second kappa shape index (κ2) is 7.36. The summed E-state index contributed by atoms with van der Waals surface area (Å²) in [6.07, 6.45) is 13.5. The lowest BCUT2D eigenvalue weighted by Crippen LogP contribution is -2.30. The molecule has 1 fully saturated rings. The Balaban J connectivity index is 1.81. The van der Waals surface area contributed by atoms with Gasteiger partial charge >= 0.3 is 0 Å². The molecule has 2 aliphatic rings. The zero-order valence-electron chi connectivity index (χ0n) is 15.8. The molecule has 0 spiro atoms. The molecule has 2 aromatic carbocycles. The molecule has 0 nitrogen and oxygen atoms in total. The third-order valence-electron chi connectivity index (χ3n) is 6.86. The second-order valence-electron chi connectivity index (χ2n) is 8.34. The maximum Gasteiger partial charge on any atom is 0.0208 e. The van der Waals surface area contributed by atoms with Gasteiger partial charge in [0.15, 0.2) is 0 Å². The predicted octanol–water partition coefficient (Wildman–Crippen LogP) is 6.84. The van der Waals surface area contributed by atoms with Crippen molar-refractivity contribution in [1.82, 2.24) is 0 Å². The number of hydrogen-bond acceptors (Lipinski definition) is 0. The van der Waals surface area contributed by atoms with Gasteiger partial charge in [-0.25, -0.2) is 0 Å². The Morgan fingerprint density at radius 2 is 1.36 bits per heavy atom. The van der Waals surface area contributed by atoms with Crippen molar-refractivity contribution in [2.24, 2.45) is 5.92 Å². The quantitative estimate of drug-likeness (QED) is 0.562. The molecule has 0 aromatic heterocycles. The molecule has 0 heteroatoms. The molecule has 0 amide bonds. The Hall–Kier alpha value is -1.56. The van der Waals surface area contributed by atoms with Crippen molar-refractivity contribution in [2.45, 2.75) is 76.5 Å². The lowest BCUT2D eigenvalue weighted by molar-refractivity contribution is 0.364. The van der Waals surface area contributed by atoms with E-state index in [1.165, 1.54) is 64.2 Å². The SMILES string of the molecule is CCCC1(CCC2CCCC2)c2ccccc2CCc2ccccc21. The van der Waals surface area contributed by atoms with Gasteiger partial charge < -0.3 is 0 Å². The number of rotatable bonds is 5. The average Bonchev–Trinajstić information content (AvgIpc) is 3.13. The third kappa shape index (κ3) is 3.16. The third-order valence-corrected chi connectivity index (χ3v) is 6.86. The standard InChI is InChI=1S/C25H32/c1-2-18-25(19-17-20-9-3-4-10-20)23-13-7-5-11-21(23)15-16-22-12-6-8-14-24(22)25/h5-8,11-14,20H,2-4,9-10,15-19H2,1H3. The molecule has 2 aromatic rings. The van der Waals surface area contributed by atoms with Gasteiger partial charge in [0, 0.05) is 5.41 Å². The van der Waals surface area contributed by atoms with Crippen molar-refractivity contribution in [3.8, 4) is 0 Å². The molecule has 132 valence electrons. The van der Waals surface area contributed by atoms with Gasteiger partial charge in [0.2, 0.25) is 0 Å². The Bertz CT molecular complexity index is 658. The lowest BCUT2D eigenvalue weighted by Gasteiger charge is -2.37. The second-order valence-corrected chi connectivity index (χ2v) is 8.34. The molecular weight excluding hydrogens is 300 g/mol. The molecule has 0 bridgehead atoms. The summed E-state index contributed by atoms with van der Waals surface area (Å²) in [7, 11) is 0. The van der Waals surface area contributed by atoms with E-state index >= 15 is 0 Å². The summed E-state index contributed by atoms with van der Waals surface area (Å²) < 4.78 is 0. The predicted molar refractivity (Wildman–Crippen MR) is 107 cm³/mol. The molecule has 0 N–H and O–H groups in total. The summed E-state index contributed by atoms with van der Waals surface area (Å²) in [6.45, 7) is 2.37. The van der Waals surface area contributed by atoms with Crippen LogP contribution in [0.1, 0.15) is 80.5 Å². The molecule has 1 saturated carbocycles. The van der Waals surface area contributed by atoms with Crippen LogP contribution in [0.2, 0.25) is 0 Å². The molecule has 0 unspecified atom stereocenters. The minimum atomic E-state index is 0.237. The minimum absolute atomic E-state index is 0.237.